The van der Waals surface area contributed by atoms with Gasteiger partial charge in [-0.1, -0.05) is 75.5 Å². The summed E-state index contributed by atoms with van der Waals surface area (Å²) in [6, 6.07) is 10.7. The maximum absolute atomic E-state index is 2.69. The van der Waals surface area contributed by atoms with E-state index >= 15 is 0 Å². The van der Waals surface area contributed by atoms with Crippen molar-refractivity contribution in [2.75, 3.05) is 0 Å². The minimum absolute atomic E-state index is 0.722. The van der Waals surface area contributed by atoms with Crippen LogP contribution in [0, 0.1) is 0 Å². The Morgan fingerprint density at radius 3 is 0.812 bits per heavy atom. The summed E-state index contributed by atoms with van der Waals surface area (Å²) < 4.78 is 0. The van der Waals surface area contributed by atoms with Gasteiger partial charge in [-0.3, -0.25) is 0 Å². The third kappa shape index (κ3) is 1.80. The molecular weight excluding hydrogens is 256 g/mol. The molecule has 0 unspecified atom stereocenters. The fraction of sp³-hybridized carbons (Fsp3) is 1.00. The van der Waals surface area contributed by atoms with Gasteiger partial charge in [-0.2, -0.15) is 0 Å². The third-order valence-corrected chi connectivity index (χ3v) is 45.1. The molecule has 0 aromatic carbocycles. The van der Waals surface area contributed by atoms with Crippen molar-refractivity contribution >= 4 is 30.4 Å². The molecule has 0 nitrogen and oxygen atoms in total. The second-order valence-corrected chi connectivity index (χ2v) is 41.0. The van der Waals surface area contributed by atoms with Crippen molar-refractivity contribution in [2.24, 2.45) is 0 Å². The number of hydrogen-bond donors (Lipinski definition) is 0. The van der Waals surface area contributed by atoms with Crippen LogP contribution in [0.25, 0.3) is 0 Å². The van der Waals surface area contributed by atoms with E-state index in [9.17, 15) is 0 Å². The highest BCUT2D eigenvalue weighted by atomic mass is 29.3. The summed E-state index contributed by atoms with van der Waals surface area (Å²) in [5.74, 6) is 0. The van der Waals surface area contributed by atoms with Gasteiger partial charge in [0, 0.05) is 30.4 Å². The lowest BCUT2D eigenvalue weighted by Gasteiger charge is -2.60. The molecule has 3 aliphatic heterocycles. The Morgan fingerprint density at radius 2 is 0.688 bits per heavy atom. The second kappa shape index (κ2) is 3.68. The molecule has 4 heteroatoms. The predicted octanol–water partition coefficient (Wildman–Crippen LogP) is 4.74. The zero-order valence-corrected chi connectivity index (χ0v) is 16.2. The predicted molar refractivity (Wildman–Crippen MR) is 87.0 cm³/mol. The second-order valence-electron chi connectivity index (χ2n) is 8.56. The van der Waals surface area contributed by atoms with Gasteiger partial charge in [-0.15, -0.1) is 0 Å². The molecule has 3 aliphatic rings. The first-order valence-corrected chi connectivity index (χ1v) is 21.4. The molecule has 0 spiro atoms. The van der Waals surface area contributed by atoms with E-state index in [-0.39, 0.29) is 0 Å². The van der Waals surface area contributed by atoms with Gasteiger partial charge in [-0.05, 0) is 0 Å². The van der Waals surface area contributed by atoms with Crippen molar-refractivity contribution in [3.05, 3.63) is 0 Å². The molecule has 0 aliphatic carbocycles. The minimum atomic E-state index is -0.784. The van der Waals surface area contributed by atoms with Crippen LogP contribution in [0.5, 0.6) is 0 Å². The highest BCUT2D eigenvalue weighted by molar-refractivity contribution is 7.48. The molecule has 0 aromatic heterocycles. The Balaban J connectivity index is 2.22. The molecule has 16 heavy (non-hydrogen) atoms. The Labute approximate surface area is 106 Å². The van der Waals surface area contributed by atoms with Crippen LogP contribution in [0.1, 0.15) is 0 Å². The molecule has 0 radical (unpaired) electrons. The zero-order valence-electron chi connectivity index (χ0n) is 12.2. The SMILES string of the molecule is C[Si](C)(C)[Si]12CC[Si]([Si](C)(C)C)(CC1)CC2. The third-order valence-electron chi connectivity index (χ3n) is 6.43. The molecule has 3 saturated heterocycles. The van der Waals surface area contributed by atoms with E-state index in [0.717, 1.165) is 0 Å². The van der Waals surface area contributed by atoms with E-state index in [4.69, 9.17) is 0 Å². The summed E-state index contributed by atoms with van der Waals surface area (Å²) in [5.41, 5.74) is 0. The summed E-state index contributed by atoms with van der Waals surface area (Å²) in [4.78, 5) is 0. The molecular formula is C12H30Si4. The Kier molecular flexibility index (Phi) is 3.06. The quantitative estimate of drug-likeness (QED) is 0.643. The van der Waals surface area contributed by atoms with Crippen molar-refractivity contribution in [3.8, 4) is 0 Å². The lowest BCUT2D eigenvalue weighted by atomic mass is 10.8. The average Bonchev–Trinajstić information content (AvgIpc) is 2.17. The molecule has 3 fully saturated rings. The van der Waals surface area contributed by atoms with Gasteiger partial charge in [0.05, 0.1) is 0 Å². The minimum Gasteiger partial charge on any atom is -0.0715 e. The van der Waals surface area contributed by atoms with Crippen LogP contribution in [0.4, 0.5) is 0 Å². The van der Waals surface area contributed by atoms with Gasteiger partial charge in [0.15, 0.2) is 0 Å². The van der Waals surface area contributed by atoms with Gasteiger partial charge in [0.25, 0.3) is 0 Å². The molecule has 2 bridgehead atoms. The molecule has 94 valence electrons. The van der Waals surface area contributed by atoms with Crippen LogP contribution < -0.4 is 0 Å². The van der Waals surface area contributed by atoms with Gasteiger partial charge in [0.1, 0.15) is 0 Å². The highest BCUT2D eigenvalue weighted by Gasteiger charge is 2.59. The number of rotatable bonds is 2. The van der Waals surface area contributed by atoms with E-state index in [0.29, 0.717) is 0 Å². The van der Waals surface area contributed by atoms with E-state index < -0.39 is 30.4 Å². The fourth-order valence-electron chi connectivity index (χ4n) is 4.44. The Hall–Kier alpha value is 0.868. The summed E-state index contributed by atoms with van der Waals surface area (Å²) in [6.07, 6.45) is 0. The smallest absolute Gasteiger partial charge is 0.0462 e. The molecule has 0 atom stereocenters. The zero-order chi connectivity index (χ0) is 12.2. The van der Waals surface area contributed by atoms with Crippen LogP contribution in [-0.4, -0.2) is 30.4 Å². The van der Waals surface area contributed by atoms with Crippen molar-refractivity contribution in [2.45, 2.75) is 75.5 Å². The van der Waals surface area contributed by atoms with E-state index in [1.54, 1.807) is 36.3 Å². The van der Waals surface area contributed by atoms with E-state index in [1.165, 1.54) is 0 Å². The first-order valence-electron chi connectivity index (χ1n) is 7.12. The summed E-state index contributed by atoms with van der Waals surface area (Å²) in [6.45, 7) is 16.1. The van der Waals surface area contributed by atoms with Gasteiger partial charge < -0.3 is 0 Å². The summed E-state index contributed by atoms with van der Waals surface area (Å²) in [7, 11) is -3.01. The van der Waals surface area contributed by atoms with Crippen LogP contribution in [-0.2, 0) is 0 Å². The Bertz CT molecular complexity index is 230. The first kappa shape index (κ1) is 13.3. The highest BCUT2D eigenvalue weighted by Crippen LogP contribution is 2.54. The molecule has 0 N–H and O–H groups in total. The van der Waals surface area contributed by atoms with Crippen LogP contribution in [0.3, 0.4) is 0 Å². The topological polar surface area (TPSA) is 0 Å². The molecule has 3 rings (SSSR count). The van der Waals surface area contributed by atoms with Crippen molar-refractivity contribution < 1.29 is 0 Å². The van der Waals surface area contributed by atoms with Gasteiger partial charge in [0.2, 0.25) is 0 Å². The normalized spacial score (nSPS) is 40.1. The summed E-state index contributed by atoms with van der Waals surface area (Å²) in [5, 5.41) is 0. The Morgan fingerprint density at radius 1 is 0.500 bits per heavy atom. The van der Waals surface area contributed by atoms with Crippen molar-refractivity contribution in [1.82, 2.24) is 0 Å². The largest absolute Gasteiger partial charge is 0.0715 e. The molecule has 3 heterocycles. The monoisotopic (exact) mass is 286 g/mol. The fourth-order valence-corrected chi connectivity index (χ4v) is 42.2. The molecule has 0 aromatic rings. The molecule has 0 saturated carbocycles. The maximum Gasteiger partial charge on any atom is 0.0462 e. The van der Waals surface area contributed by atoms with E-state index in [2.05, 4.69) is 39.3 Å². The number of hydrogen-bond acceptors (Lipinski definition) is 0. The maximum atomic E-state index is 2.69. The van der Waals surface area contributed by atoms with Gasteiger partial charge in [-0.25, -0.2) is 0 Å². The lowest BCUT2D eigenvalue weighted by molar-refractivity contribution is 1.01. The van der Waals surface area contributed by atoms with Crippen LogP contribution in [0.2, 0.25) is 75.5 Å². The number of fused-ring (bicyclic) bond motifs is 3. The van der Waals surface area contributed by atoms with Crippen molar-refractivity contribution in [1.29, 1.82) is 0 Å². The average molecular weight is 287 g/mol. The first-order chi connectivity index (χ1) is 7.12. The molecule has 0 amide bonds. The summed E-state index contributed by atoms with van der Waals surface area (Å²) >= 11 is 0. The standard InChI is InChI=1S/C12H30Si4/c1-13(2,3)15-7-10-16(11-8-15,12-9-15)14(4,5)6/h7-12H2,1-6H3. The lowest BCUT2D eigenvalue weighted by Crippen LogP contribution is -2.71. The van der Waals surface area contributed by atoms with Crippen LogP contribution >= 0.6 is 0 Å². The van der Waals surface area contributed by atoms with Gasteiger partial charge >= 0.3 is 0 Å². The van der Waals surface area contributed by atoms with Crippen molar-refractivity contribution in [3.63, 3.8) is 0 Å². The van der Waals surface area contributed by atoms with E-state index in [1.807, 2.05) is 0 Å². The van der Waals surface area contributed by atoms with Crippen LogP contribution in [0.15, 0.2) is 0 Å².